The van der Waals surface area contributed by atoms with E-state index in [9.17, 15) is 10.2 Å². The van der Waals surface area contributed by atoms with Crippen molar-refractivity contribution in [3.8, 4) is 11.5 Å². The van der Waals surface area contributed by atoms with Crippen molar-refractivity contribution in [2.45, 2.75) is 58.8 Å². The predicted molar refractivity (Wildman–Crippen MR) is 153 cm³/mol. The normalized spacial score (nSPS) is 18.6. The monoisotopic (exact) mass is 501 g/mol. The second kappa shape index (κ2) is 13.1. The predicted octanol–water partition coefficient (Wildman–Crippen LogP) is 7.13. The molecule has 4 nitrogen and oxygen atoms in total. The molecule has 1 aliphatic heterocycles. The zero-order chi connectivity index (χ0) is 26.1. The van der Waals surface area contributed by atoms with Crippen LogP contribution in [0.1, 0.15) is 69.9 Å². The van der Waals surface area contributed by atoms with Gasteiger partial charge in [0.25, 0.3) is 0 Å². The molecule has 37 heavy (non-hydrogen) atoms. The van der Waals surface area contributed by atoms with Crippen LogP contribution < -0.4 is 4.74 Å². The van der Waals surface area contributed by atoms with Crippen molar-refractivity contribution in [2.24, 2.45) is 5.41 Å². The van der Waals surface area contributed by atoms with E-state index in [0.29, 0.717) is 18.4 Å². The first-order valence-electron chi connectivity index (χ1n) is 14.0. The van der Waals surface area contributed by atoms with Gasteiger partial charge < -0.3 is 14.9 Å². The Morgan fingerprint density at radius 3 is 2.27 bits per heavy atom. The molecule has 1 saturated heterocycles. The molecule has 2 aliphatic rings. The average Bonchev–Trinajstić information content (AvgIpc) is 3.55. The summed E-state index contributed by atoms with van der Waals surface area (Å²) in [7, 11) is 0. The lowest BCUT2D eigenvalue weighted by molar-refractivity contribution is 0.213. The maximum atomic E-state index is 9.89. The number of allylic oxidation sites excluding steroid dienone is 5. The molecule has 2 fully saturated rings. The van der Waals surface area contributed by atoms with E-state index in [1.807, 2.05) is 19.1 Å². The second-order valence-corrected chi connectivity index (χ2v) is 10.6. The van der Waals surface area contributed by atoms with Crippen LogP contribution in [0.15, 0.2) is 77.9 Å². The Labute approximate surface area is 223 Å². The van der Waals surface area contributed by atoms with Crippen molar-refractivity contribution in [3.05, 3.63) is 89.0 Å². The van der Waals surface area contributed by atoms with E-state index in [0.717, 1.165) is 41.0 Å². The summed E-state index contributed by atoms with van der Waals surface area (Å²) in [5, 5.41) is 19.5. The molecule has 0 bridgehead atoms. The molecule has 0 unspecified atom stereocenters. The first-order valence-corrected chi connectivity index (χ1v) is 14.0. The van der Waals surface area contributed by atoms with Crippen LogP contribution in [0.4, 0.5) is 0 Å². The van der Waals surface area contributed by atoms with E-state index in [-0.39, 0.29) is 12.4 Å². The minimum Gasteiger partial charge on any atom is -0.508 e. The molecule has 0 radical (unpaired) electrons. The molecular weight excluding hydrogens is 458 g/mol. The molecule has 1 spiro atoms. The Morgan fingerprint density at radius 2 is 1.65 bits per heavy atom. The number of likely N-dealkylation sites (tertiary alicyclic amines) is 1. The van der Waals surface area contributed by atoms with Gasteiger partial charge in [0.15, 0.2) is 0 Å². The molecule has 0 amide bonds. The van der Waals surface area contributed by atoms with Gasteiger partial charge in [-0.3, -0.25) is 4.90 Å². The zero-order valence-electron chi connectivity index (χ0n) is 22.6. The molecule has 0 atom stereocenters. The van der Waals surface area contributed by atoms with Gasteiger partial charge in [0.1, 0.15) is 18.1 Å². The number of phenolic OH excluding ortho intramolecular Hbond substituents is 1. The number of nitrogens with zero attached hydrogens (tertiary/aromatic N) is 1. The molecule has 2 aromatic rings. The van der Waals surface area contributed by atoms with Crippen LogP contribution in [0.5, 0.6) is 11.5 Å². The highest BCUT2D eigenvalue weighted by atomic mass is 16.5. The van der Waals surface area contributed by atoms with Gasteiger partial charge in [0.05, 0.1) is 0 Å². The fraction of sp³-hybridized carbons (Fsp3) is 0.455. The summed E-state index contributed by atoms with van der Waals surface area (Å²) >= 11 is 0. The topological polar surface area (TPSA) is 52.9 Å². The summed E-state index contributed by atoms with van der Waals surface area (Å²) in [5.74, 6) is 1.14. The van der Waals surface area contributed by atoms with Crippen LogP contribution in [-0.2, 0) is 0 Å². The molecule has 0 aromatic heterocycles. The minimum atomic E-state index is 0.143. The molecule has 1 heterocycles. The quantitative estimate of drug-likeness (QED) is 0.322. The third-order valence-electron chi connectivity index (χ3n) is 8.05. The Kier molecular flexibility index (Phi) is 9.65. The van der Waals surface area contributed by atoms with Gasteiger partial charge in [-0.15, -0.1) is 0 Å². The highest BCUT2D eigenvalue weighted by molar-refractivity contribution is 5.85. The number of rotatable bonds is 11. The number of ether oxygens (including phenoxy) is 1. The van der Waals surface area contributed by atoms with Crippen LogP contribution in [0.2, 0.25) is 0 Å². The summed E-state index contributed by atoms with van der Waals surface area (Å²) in [6.07, 6.45) is 14.7. The van der Waals surface area contributed by atoms with Crippen molar-refractivity contribution in [2.75, 3.05) is 32.8 Å². The van der Waals surface area contributed by atoms with Gasteiger partial charge in [0, 0.05) is 19.7 Å². The molecule has 1 saturated carbocycles. The fourth-order valence-corrected chi connectivity index (χ4v) is 6.13. The smallest absolute Gasteiger partial charge is 0.119 e. The largest absolute Gasteiger partial charge is 0.508 e. The van der Waals surface area contributed by atoms with Gasteiger partial charge >= 0.3 is 0 Å². The van der Waals surface area contributed by atoms with Crippen LogP contribution in [0.3, 0.4) is 0 Å². The number of aliphatic hydroxyl groups is 1. The third-order valence-corrected chi connectivity index (χ3v) is 8.05. The Balaban J connectivity index is 1.53. The number of hydrogen-bond acceptors (Lipinski definition) is 4. The van der Waals surface area contributed by atoms with E-state index in [1.54, 1.807) is 12.1 Å². The van der Waals surface area contributed by atoms with Crippen LogP contribution in [0.25, 0.3) is 5.57 Å². The number of aromatic hydroxyl groups is 1. The summed E-state index contributed by atoms with van der Waals surface area (Å²) in [5.41, 5.74) is 6.18. The molecular formula is C33H43NO3. The van der Waals surface area contributed by atoms with Crippen molar-refractivity contribution >= 4 is 5.57 Å². The number of aliphatic hydroxyl groups excluding tert-OH is 1. The minimum absolute atomic E-state index is 0.143. The number of phenols is 1. The van der Waals surface area contributed by atoms with E-state index in [1.165, 1.54) is 50.8 Å². The van der Waals surface area contributed by atoms with Crippen LogP contribution in [-0.4, -0.2) is 48.0 Å². The summed E-state index contributed by atoms with van der Waals surface area (Å²) in [6.45, 7) is 8.36. The molecule has 198 valence electrons. The fourth-order valence-electron chi connectivity index (χ4n) is 6.13. The number of hydrogen-bond donors (Lipinski definition) is 2. The highest BCUT2D eigenvalue weighted by Crippen LogP contribution is 2.45. The van der Waals surface area contributed by atoms with Gasteiger partial charge in [-0.05, 0) is 110 Å². The molecule has 2 N–H and O–H groups in total. The molecule has 2 aromatic carbocycles. The van der Waals surface area contributed by atoms with Crippen LogP contribution >= 0.6 is 0 Å². The van der Waals surface area contributed by atoms with Crippen molar-refractivity contribution in [3.63, 3.8) is 0 Å². The van der Waals surface area contributed by atoms with Crippen molar-refractivity contribution in [1.82, 2.24) is 4.90 Å². The third kappa shape index (κ3) is 6.94. The highest BCUT2D eigenvalue weighted by Gasteiger charge is 2.39. The average molecular weight is 502 g/mol. The lowest BCUT2D eigenvalue weighted by Gasteiger charge is -2.23. The molecule has 4 heteroatoms. The summed E-state index contributed by atoms with van der Waals surface area (Å²) in [4.78, 5) is 2.58. The lowest BCUT2D eigenvalue weighted by atomic mass is 9.86. The summed E-state index contributed by atoms with van der Waals surface area (Å²) in [6, 6.07) is 15.8. The number of benzene rings is 2. The van der Waals surface area contributed by atoms with Crippen molar-refractivity contribution in [1.29, 1.82) is 0 Å². The maximum absolute atomic E-state index is 9.89. The van der Waals surface area contributed by atoms with Crippen LogP contribution in [0, 0.1) is 5.41 Å². The van der Waals surface area contributed by atoms with Gasteiger partial charge in [-0.1, -0.05) is 55.3 Å². The second-order valence-electron chi connectivity index (χ2n) is 10.6. The standard InChI is InChI=1S/C33H43NO3/c1-3-8-26(4-2)31(9-7-23-35)32(27-10-14-29(36)15-11-27)28-12-16-30(17-13-28)37-24-22-34-21-20-33(25-34)18-5-6-19-33/h3-4,8,10-17,35-36H,5-7,9,18-25H2,1-2H3/b8-3-,26-4+,32-31-. The Bertz CT molecular complexity index is 1090. The van der Waals surface area contributed by atoms with Crippen molar-refractivity contribution < 1.29 is 14.9 Å². The maximum Gasteiger partial charge on any atom is 0.119 e. The van der Waals surface area contributed by atoms with E-state index < -0.39 is 0 Å². The molecule has 1 aliphatic carbocycles. The zero-order valence-corrected chi connectivity index (χ0v) is 22.6. The Morgan fingerprint density at radius 1 is 0.973 bits per heavy atom. The van der Waals surface area contributed by atoms with Gasteiger partial charge in [-0.2, -0.15) is 0 Å². The van der Waals surface area contributed by atoms with Gasteiger partial charge in [0.2, 0.25) is 0 Å². The van der Waals surface area contributed by atoms with E-state index in [4.69, 9.17) is 4.74 Å². The first kappa shape index (κ1) is 27.2. The first-order chi connectivity index (χ1) is 18.1. The van der Waals surface area contributed by atoms with E-state index in [2.05, 4.69) is 54.3 Å². The SMILES string of the molecule is C\C=C/C(=C\C)C(/CCCO)=C(/c1ccc(O)cc1)c1ccc(OCCN2CCC3(CCCC3)C2)cc1. The van der Waals surface area contributed by atoms with Gasteiger partial charge in [-0.25, -0.2) is 0 Å². The summed E-state index contributed by atoms with van der Waals surface area (Å²) < 4.78 is 6.16. The lowest BCUT2D eigenvalue weighted by Crippen LogP contribution is -2.29. The molecule has 4 rings (SSSR count). The van der Waals surface area contributed by atoms with E-state index >= 15 is 0 Å². The Hall–Kier alpha value is -2.82.